The average molecular weight is 333 g/mol. The van der Waals surface area contributed by atoms with Gasteiger partial charge in [0.05, 0.1) is 7.11 Å². The van der Waals surface area contributed by atoms with Gasteiger partial charge >= 0.3 is 12.1 Å². The van der Waals surface area contributed by atoms with E-state index >= 15 is 0 Å². The summed E-state index contributed by atoms with van der Waals surface area (Å²) < 4.78 is 10.0. The minimum Gasteiger partial charge on any atom is -0.466 e. The molecule has 0 bridgehead atoms. The number of ether oxygens (including phenoxy) is 2. The van der Waals surface area contributed by atoms with E-state index in [1.165, 1.54) is 13.2 Å². The third-order valence-electron chi connectivity index (χ3n) is 3.11. The molecule has 24 heavy (non-hydrogen) atoms. The van der Waals surface area contributed by atoms with E-state index in [0.717, 1.165) is 17.5 Å². The lowest BCUT2D eigenvalue weighted by Gasteiger charge is -2.27. The molecule has 5 nitrogen and oxygen atoms in total. The standard InChI is InChI=1S/C19H27NO4/c1-6-13-20(18(22)24-19(2,3)4)14-16-9-7-15(8-10-16)11-12-17(21)23-5/h7-12H,6,13-14H2,1-5H3/b12-11+. The van der Waals surface area contributed by atoms with Crippen molar-refractivity contribution in [1.82, 2.24) is 4.90 Å². The fourth-order valence-corrected chi connectivity index (χ4v) is 2.02. The van der Waals surface area contributed by atoms with Gasteiger partial charge in [0.15, 0.2) is 0 Å². The number of esters is 1. The quantitative estimate of drug-likeness (QED) is 0.583. The monoisotopic (exact) mass is 333 g/mol. The number of methoxy groups -OCH3 is 1. The van der Waals surface area contributed by atoms with Gasteiger partial charge in [-0.05, 0) is 44.4 Å². The summed E-state index contributed by atoms with van der Waals surface area (Å²) in [7, 11) is 1.34. The highest BCUT2D eigenvalue weighted by Crippen LogP contribution is 2.14. The molecule has 0 atom stereocenters. The van der Waals surface area contributed by atoms with Crippen molar-refractivity contribution >= 4 is 18.1 Å². The molecule has 0 spiro atoms. The molecule has 0 saturated heterocycles. The van der Waals surface area contributed by atoms with Gasteiger partial charge in [0.25, 0.3) is 0 Å². The average Bonchev–Trinajstić information content (AvgIpc) is 2.51. The minimum atomic E-state index is -0.508. The molecule has 1 aromatic rings. The van der Waals surface area contributed by atoms with Gasteiger partial charge in [-0.15, -0.1) is 0 Å². The smallest absolute Gasteiger partial charge is 0.410 e. The zero-order valence-corrected chi connectivity index (χ0v) is 15.2. The number of benzene rings is 1. The van der Waals surface area contributed by atoms with E-state index < -0.39 is 11.6 Å². The molecule has 0 aliphatic rings. The van der Waals surface area contributed by atoms with Crippen molar-refractivity contribution in [1.29, 1.82) is 0 Å². The zero-order chi connectivity index (χ0) is 18.2. The Morgan fingerprint density at radius 1 is 1.17 bits per heavy atom. The zero-order valence-electron chi connectivity index (χ0n) is 15.2. The predicted octanol–water partition coefficient (Wildman–Crippen LogP) is 4.02. The lowest BCUT2D eigenvalue weighted by molar-refractivity contribution is -0.134. The Bertz CT molecular complexity index is 570. The number of carbonyl (C=O) groups is 2. The molecule has 5 heteroatoms. The van der Waals surface area contributed by atoms with Crippen molar-refractivity contribution in [3.63, 3.8) is 0 Å². The van der Waals surface area contributed by atoms with Crippen LogP contribution in [0.15, 0.2) is 30.3 Å². The summed E-state index contributed by atoms with van der Waals surface area (Å²) in [5.41, 5.74) is 1.39. The second-order valence-corrected chi connectivity index (χ2v) is 6.50. The first-order valence-electron chi connectivity index (χ1n) is 8.08. The minimum absolute atomic E-state index is 0.306. The SMILES string of the molecule is CCCN(Cc1ccc(/C=C/C(=O)OC)cc1)C(=O)OC(C)(C)C. The molecule has 0 unspecified atom stereocenters. The topological polar surface area (TPSA) is 55.8 Å². The van der Waals surface area contributed by atoms with Crippen LogP contribution in [0.3, 0.4) is 0 Å². The van der Waals surface area contributed by atoms with Gasteiger partial charge in [-0.2, -0.15) is 0 Å². The van der Waals surface area contributed by atoms with Crippen LogP contribution >= 0.6 is 0 Å². The molecule has 0 heterocycles. The molecule has 0 radical (unpaired) electrons. The van der Waals surface area contributed by atoms with E-state index in [4.69, 9.17) is 4.74 Å². The Kier molecular flexibility index (Phi) is 7.49. The lowest BCUT2D eigenvalue weighted by Crippen LogP contribution is -2.36. The van der Waals surface area contributed by atoms with Crippen LogP contribution in [-0.4, -0.2) is 36.2 Å². The summed E-state index contributed by atoms with van der Waals surface area (Å²) in [6, 6.07) is 7.66. The number of nitrogens with zero attached hydrogens (tertiary/aromatic N) is 1. The highest BCUT2D eigenvalue weighted by Gasteiger charge is 2.21. The highest BCUT2D eigenvalue weighted by atomic mass is 16.6. The Labute approximate surface area is 144 Å². The van der Waals surface area contributed by atoms with Crippen molar-refractivity contribution in [2.75, 3.05) is 13.7 Å². The molecular formula is C19H27NO4. The first-order chi connectivity index (χ1) is 11.2. The third-order valence-corrected chi connectivity index (χ3v) is 3.11. The fourth-order valence-electron chi connectivity index (χ4n) is 2.02. The van der Waals surface area contributed by atoms with E-state index in [9.17, 15) is 9.59 Å². The van der Waals surface area contributed by atoms with Gasteiger partial charge in [0.1, 0.15) is 5.60 Å². The van der Waals surface area contributed by atoms with E-state index in [-0.39, 0.29) is 6.09 Å². The molecule has 132 valence electrons. The second-order valence-electron chi connectivity index (χ2n) is 6.50. The van der Waals surface area contributed by atoms with Crippen LogP contribution in [0, 0.1) is 0 Å². The number of hydrogen-bond donors (Lipinski definition) is 0. The van der Waals surface area contributed by atoms with Crippen molar-refractivity contribution in [2.45, 2.75) is 46.3 Å². The van der Waals surface area contributed by atoms with Gasteiger partial charge in [0.2, 0.25) is 0 Å². The molecular weight excluding hydrogens is 306 g/mol. The summed E-state index contributed by atoms with van der Waals surface area (Å²) in [5.74, 6) is -0.391. The van der Waals surface area contributed by atoms with E-state index in [2.05, 4.69) is 4.74 Å². The largest absolute Gasteiger partial charge is 0.466 e. The molecule has 1 rings (SSSR count). The van der Waals surface area contributed by atoms with Crippen molar-refractivity contribution in [3.8, 4) is 0 Å². The van der Waals surface area contributed by atoms with Crippen LogP contribution in [0.4, 0.5) is 4.79 Å². The molecule has 0 N–H and O–H groups in total. The molecule has 0 aliphatic heterocycles. The second kappa shape index (κ2) is 9.11. The first kappa shape index (κ1) is 19.7. The Morgan fingerprint density at radius 3 is 2.29 bits per heavy atom. The van der Waals surface area contributed by atoms with Crippen LogP contribution < -0.4 is 0 Å². The maximum Gasteiger partial charge on any atom is 0.410 e. The summed E-state index contributed by atoms with van der Waals surface area (Å²) >= 11 is 0. The maximum atomic E-state index is 12.3. The molecule has 0 fully saturated rings. The Morgan fingerprint density at radius 2 is 1.79 bits per heavy atom. The summed E-state index contributed by atoms with van der Waals surface area (Å²) in [5, 5.41) is 0. The van der Waals surface area contributed by atoms with E-state index in [1.54, 1.807) is 11.0 Å². The lowest BCUT2D eigenvalue weighted by atomic mass is 10.1. The third kappa shape index (κ3) is 7.31. The van der Waals surface area contributed by atoms with Gasteiger partial charge in [0, 0.05) is 19.2 Å². The van der Waals surface area contributed by atoms with Gasteiger partial charge < -0.3 is 14.4 Å². The Hall–Kier alpha value is -2.30. The van der Waals surface area contributed by atoms with E-state index in [1.807, 2.05) is 52.0 Å². The summed E-state index contributed by atoms with van der Waals surface area (Å²) in [4.78, 5) is 25.1. The van der Waals surface area contributed by atoms with Crippen LogP contribution in [0.5, 0.6) is 0 Å². The highest BCUT2D eigenvalue weighted by molar-refractivity contribution is 5.86. The van der Waals surface area contributed by atoms with Gasteiger partial charge in [-0.1, -0.05) is 31.2 Å². The molecule has 1 aromatic carbocycles. The molecule has 1 amide bonds. The van der Waals surface area contributed by atoms with Crippen LogP contribution in [0.2, 0.25) is 0 Å². The summed E-state index contributed by atoms with van der Waals surface area (Å²) in [6.07, 6.45) is 3.62. The van der Waals surface area contributed by atoms with E-state index in [0.29, 0.717) is 13.1 Å². The first-order valence-corrected chi connectivity index (χ1v) is 8.08. The van der Waals surface area contributed by atoms with Crippen LogP contribution in [0.1, 0.15) is 45.2 Å². The van der Waals surface area contributed by atoms with Gasteiger partial charge in [-0.3, -0.25) is 0 Å². The number of carbonyl (C=O) groups excluding carboxylic acids is 2. The van der Waals surface area contributed by atoms with Gasteiger partial charge in [-0.25, -0.2) is 9.59 Å². The Balaban J connectivity index is 2.75. The van der Waals surface area contributed by atoms with Crippen molar-refractivity contribution in [2.24, 2.45) is 0 Å². The molecule has 0 aromatic heterocycles. The van der Waals surface area contributed by atoms with Crippen molar-refractivity contribution in [3.05, 3.63) is 41.5 Å². The predicted molar refractivity (Wildman–Crippen MR) is 94.4 cm³/mol. The maximum absolute atomic E-state index is 12.3. The molecule has 0 aliphatic carbocycles. The van der Waals surface area contributed by atoms with Crippen molar-refractivity contribution < 1.29 is 19.1 Å². The molecule has 0 saturated carbocycles. The van der Waals surface area contributed by atoms with Crippen LogP contribution in [0.25, 0.3) is 6.08 Å². The summed E-state index contributed by atoms with van der Waals surface area (Å²) in [6.45, 7) is 8.73. The number of amides is 1. The normalized spacial score (nSPS) is 11.4. The van der Waals surface area contributed by atoms with Crippen LogP contribution in [-0.2, 0) is 20.8 Å². The fraction of sp³-hybridized carbons (Fsp3) is 0.474. The number of hydrogen-bond acceptors (Lipinski definition) is 4. The number of rotatable bonds is 6.